The predicted molar refractivity (Wildman–Crippen MR) is 79.9 cm³/mol. The zero-order valence-corrected chi connectivity index (χ0v) is 12.3. The lowest BCUT2D eigenvalue weighted by molar-refractivity contribution is -0.145. The number of hydrogen-bond donors (Lipinski definition) is 2. The van der Waals surface area contributed by atoms with Crippen molar-refractivity contribution in [1.82, 2.24) is 10.2 Å². The van der Waals surface area contributed by atoms with Gasteiger partial charge in [-0.3, -0.25) is 14.4 Å². The van der Waals surface area contributed by atoms with Gasteiger partial charge in [0.25, 0.3) is 0 Å². The molecule has 0 bridgehead atoms. The molecule has 0 aromatic heterocycles. The highest BCUT2D eigenvalue weighted by Crippen LogP contribution is 2.14. The first kappa shape index (κ1) is 16.0. The summed E-state index contributed by atoms with van der Waals surface area (Å²) in [5, 5.41) is 11.8. The van der Waals surface area contributed by atoms with Gasteiger partial charge in [0.15, 0.2) is 0 Å². The lowest BCUT2D eigenvalue weighted by Gasteiger charge is -2.26. The summed E-state index contributed by atoms with van der Waals surface area (Å²) in [6.45, 7) is -0.0823. The lowest BCUT2D eigenvalue weighted by atomic mass is 10.0. The van der Waals surface area contributed by atoms with E-state index in [0.717, 1.165) is 18.4 Å². The Morgan fingerprint density at radius 1 is 1.27 bits per heavy atom. The first-order chi connectivity index (χ1) is 10.5. The summed E-state index contributed by atoms with van der Waals surface area (Å²) in [5.74, 6) is -1.34. The van der Waals surface area contributed by atoms with E-state index in [-0.39, 0.29) is 37.4 Å². The zero-order valence-electron chi connectivity index (χ0n) is 12.3. The van der Waals surface area contributed by atoms with Crippen LogP contribution in [0.2, 0.25) is 0 Å². The molecule has 6 nitrogen and oxygen atoms in total. The molecule has 0 saturated carbocycles. The van der Waals surface area contributed by atoms with Crippen LogP contribution >= 0.6 is 0 Å². The Hall–Kier alpha value is -2.37. The molecule has 1 aromatic carbocycles. The van der Waals surface area contributed by atoms with Crippen molar-refractivity contribution in [1.29, 1.82) is 0 Å². The number of piperidine rings is 1. The first-order valence-corrected chi connectivity index (χ1v) is 7.37. The van der Waals surface area contributed by atoms with Crippen LogP contribution in [0.5, 0.6) is 0 Å². The number of amides is 2. The topological polar surface area (TPSA) is 86.7 Å². The number of nitrogens with one attached hydrogen (secondary N) is 1. The number of carboxylic acids is 1. The van der Waals surface area contributed by atoms with Gasteiger partial charge in [-0.1, -0.05) is 30.3 Å². The minimum atomic E-state index is -1.04. The maximum absolute atomic E-state index is 12.4. The van der Waals surface area contributed by atoms with E-state index >= 15 is 0 Å². The Bertz CT molecular complexity index is 544. The molecule has 1 fully saturated rings. The summed E-state index contributed by atoms with van der Waals surface area (Å²) >= 11 is 0. The van der Waals surface area contributed by atoms with Gasteiger partial charge >= 0.3 is 5.97 Å². The molecule has 2 amide bonds. The van der Waals surface area contributed by atoms with Crippen LogP contribution in [-0.4, -0.2) is 40.4 Å². The molecule has 0 spiro atoms. The van der Waals surface area contributed by atoms with Crippen molar-refractivity contribution in [3.8, 4) is 0 Å². The fraction of sp³-hybridized carbons (Fsp3) is 0.438. The molecule has 1 aliphatic heterocycles. The van der Waals surface area contributed by atoms with Crippen LogP contribution in [0.4, 0.5) is 0 Å². The highest BCUT2D eigenvalue weighted by molar-refractivity contribution is 5.83. The second-order valence-corrected chi connectivity index (χ2v) is 5.49. The van der Waals surface area contributed by atoms with Crippen LogP contribution in [0.1, 0.15) is 31.2 Å². The normalized spacial score (nSPS) is 17.6. The van der Waals surface area contributed by atoms with Crippen LogP contribution < -0.4 is 5.32 Å². The summed E-state index contributed by atoms with van der Waals surface area (Å²) in [6, 6.07) is 9.07. The minimum absolute atomic E-state index is 0.0445. The number of aliphatic carboxylic acids is 1. The van der Waals surface area contributed by atoms with Gasteiger partial charge < -0.3 is 15.3 Å². The SMILES string of the molecule is O=C(O)CN(Cc1ccccc1)C(=O)CC1CCCC(=O)N1. The number of carbonyl (C=O) groups excluding carboxylic acids is 2. The molecule has 1 saturated heterocycles. The van der Waals surface area contributed by atoms with Gasteiger partial charge in [0.1, 0.15) is 6.54 Å². The van der Waals surface area contributed by atoms with Crippen molar-refractivity contribution in [2.75, 3.05) is 6.54 Å². The molecule has 2 N–H and O–H groups in total. The number of carboxylic acid groups (broad SMARTS) is 1. The van der Waals surface area contributed by atoms with E-state index in [2.05, 4.69) is 5.32 Å². The van der Waals surface area contributed by atoms with E-state index in [1.165, 1.54) is 4.90 Å². The molecule has 1 unspecified atom stereocenters. The van der Waals surface area contributed by atoms with Gasteiger partial charge in [-0.05, 0) is 18.4 Å². The van der Waals surface area contributed by atoms with Crippen molar-refractivity contribution in [3.05, 3.63) is 35.9 Å². The molecule has 0 aliphatic carbocycles. The monoisotopic (exact) mass is 304 g/mol. The molecule has 22 heavy (non-hydrogen) atoms. The van der Waals surface area contributed by atoms with Crippen LogP contribution in [0.3, 0.4) is 0 Å². The number of rotatable bonds is 6. The molecule has 6 heteroatoms. The molecule has 118 valence electrons. The first-order valence-electron chi connectivity index (χ1n) is 7.37. The maximum Gasteiger partial charge on any atom is 0.323 e. The predicted octanol–water partition coefficient (Wildman–Crippen LogP) is 1.16. The third-order valence-corrected chi connectivity index (χ3v) is 3.64. The second kappa shape index (κ2) is 7.59. The van der Waals surface area contributed by atoms with Crippen molar-refractivity contribution in [2.45, 2.75) is 38.3 Å². The van der Waals surface area contributed by atoms with E-state index < -0.39 is 5.97 Å². The standard InChI is InChI=1S/C16H20N2O4/c19-14-8-4-7-13(17-14)9-15(20)18(11-16(21)22)10-12-5-2-1-3-6-12/h1-3,5-6,13H,4,7-11H2,(H,17,19)(H,21,22). The summed E-state index contributed by atoms with van der Waals surface area (Å²) in [7, 11) is 0. The molecule has 2 rings (SSSR count). The Kier molecular flexibility index (Phi) is 5.52. The van der Waals surface area contributed by atoms with Crippen molar-refractivity contribution in [2.24, 2.45) is 0 Å². The second-order valence-electron chi connectivity index (χ2n) is 5.49. The van der Waals surface area contributed by atoms with Gasteiger partial charge in [-0.25, -0.2) is 0 Å². The van der Waals surface area contributed by atoms with E-state index in [9.17, 15) is 14.4 Å². The minimum Gasteiger partial charge on any atom is -0.480 e. The quantitative estimate of drug-likeness (QED) is 0.825. The lowest BCUT2D eigenvalue weighted by Crippen LogP contribution is -2.44. The van der Waals surface area contributed by atoms with Crippen LogP contribution in [0.15, 0.2) is 30.3 Å². The van der Waals surface area contributed by atoms with Crippen molar-refractivity contribution < 1.29 is 19.5 Å². The fourth-order valence-electron chi connectivity index (χ4n) is 2.57. The van der Waals surface area contributed by atoms with Gasteiger partial charge in [-0.15, -0.1) is 0 Å². The number of hydrogen-bond acceptors (Lipinski definition) is 3. The highest BCUT2D eigenvalue weighted by atomic mass is 16.4. The van der Waals surface area contributed by atoms with Gasteiger partial charge in [-0.2, -0.15) is 0 Å². The Morgan fingerprint density at radius 3 is 2.64 bits per heavy atom. The van der Waals surface area contributed by atoms with Gasteiger partial charge in [0.2, 0.25) is 11.8 Å². The average molecular weight is 304 g/mol. The molecule has 1 aliphatic rings. The molecule has 0 radical (unpaired) electrons. The molecule has 1 aromatic rings. The summed E-state index contributed by atoms with van der Waals surface area (Å²) in [4.78, 5) is 36.0. The number of benzene rings is 1. The zero-order chi connectivity index (χ0) is 15.9. The van der Waals surface area contributed by atoms with Crippen LogP contribution in [-0.2, 0) is 20.9 Å². The highest BCUT2D eigenvalue weighted by Gasteiger charge is 2.24. The third-order valence-electron chi connectivity index (χ3n) is 3.64. The van der Waals surface area contributed by atoms with Crippen molar-refractivity contribution in [3.63, 3.8) is 0 Å². The Balaban J connectivity index is 1.99. The molecule has 1 heterocycles. The van der Waals surface area contributed by atoms with Crippen LogP contribution in [0.25, 0.3) is 0 Å². The van der Waals surface area contributed by atoms with Crippen molar-refractivity contribution >= 4 is 17.8 Å². The average Bonchev–Trinajstić information content (AvgIpc) is 2.47. The summed E-state index contributed by atoms with van der Waals surface area (Å²) < 4.78 is 0. The maximum atomic E-state index is 12.4. The Labute approximate surface area is 129 Å². The van der Waals surface area contributed by atoms with Gasteiger partial charge in [0.05, 0.1) is 0 Å². The number of carbonyl (C=O) groups is 3. The van der Waals surface area contributed by atoms with E-state index in [0.29, 0.717) is 6.42 Å². The smallest absolute Gasteiger partial charge is 0.323 e. The van der Waals surface area contributed by atoms with E-state index in [1.807, 2.05) is 30.3 Å². The van der Waals surface area contributed by atoms with Gasteiger partial charge in [0, 0.05) is 25.4 Å². The summed E-state index contributed by atoms with van der Waals surface area (Å²) in [5.41, 5.74) is 0.879. The van der Waals surface area contributed by atoms with Crippen LogP contribution in [0, 0.1) is 0 Å². The molecular formula is C16H20N2O4. The van der Waals surface area contributed by atoms with E-state index in [4.69, 9.17) is 5.11 Å². The number of nitrogens with zero attached hydrogens (tertiary/aromatic N) is 1. The molecule has 1 atom stereocenters. The summed E-state index contributed by atoms with van der Waals surface area (Å²) in [6.07, 6.45) is 2.16. The van der Waals surface area contributed by atoms with E-state index in [1.54, 1.807) is 0 Å². The third kappa shape index (κ3) is 4.87. The Morgan fingerprint density at radius 2 is 2.00 bits per heavy atom. The largest absolute Gasteiger partial charge is 0.480 e. The fourth-order valence-corrected chi connectivity index (χ4v) is 2.57. The molecular weight excluding hydrogens is 284 g/mol.